The molecule has 0 radical (unpaired) electrons. The quantitative estimate of drug-likeness (QED) is 0.547. The summed E-state index contributed by atoms with van der Waals surface area (Å²) in [6.07, 6.45) is -3.99. The van der Waals surface area contributed by atoms with Gasteiger partial charge in [0, 0.05) is 10.0 Å². The summed E-state index contributed by atoms with van der Waals surface area (Å²) in [5, 5.41) is 23.0. The number of hydrogen-bond donors (Lipinski definition) is 2. The SMILES string of the molecule is O=C1C(=Cc2ccc(O)c(O)c2)C(C(F)(F)F)=NN1c1cc(Cl)cc(Cl)c1. The monoisotopic (exact) mass is 416 g/mol. The zero-order valence-electron chi connectivity index (χ0n) is 13.1. The Bertz CT molecular complexity index is 983. The molecule has 1 heterocycles. The van der Waals surface area contributed by atoms with Crippen molar-refractivity contribution >= 4 is 46.6 Å². The molecule has 10 heteroatoms. The van der Waals surface area contributed by atoms with E-state index < -0.39 is 34.9 Å². The molecular formula is C17H9Cl2F3N2O3. The Balaban J connectivity index is 2.11. The summed E-state index contributed by atoms with van der Waals surface area (Å²) in [5.74, 6) is -2.04. The number of hydrazone groups is 1. The summed E-state index contributed by atoms with van der Waals surface area (Å²) in [6.45, 7) is 0. The third-order valence-corrected chi connectivity index (χ3v) is 3.99. The summed E-state index contributed by atoms with van der Waals surface area (Å²) in [4.78, 5) is 12.6. The fourth-order valence-corrected chi connectivity index (χ4v) is 2.90. The van der Waals surface area contributed by atoms with Crippen molar-refractivity contribution in [2.75, 3.05) is 5.01 Å². The Hall–Kier alpha value is -2.71. The van der Waals surface area contributed by atoms with Gasteiger partial charge in [0.05, 0.1) is 11.3 Å². The van der Waals surface area contributed by atoms with Crippen LogP contribution in [0.3, 0.4) is 0 Å². The second kappa shape index (κ2) is 6.79. The van der Waals surface area contributed by atoms with Gasteiger partial charge in [-0.1, -0.05) is 29.3 Å². The average molecular weight is 417 g/mol. The van der Waals surface area contributed by atoms with E-state index in [1.54, 1.807) is 0 Å². The molecule has 5 nitrogen and oxygen atoms in total. The van der Waals surface area contributed by atoms with Gasteiger partial charge in [0.2, 0.25) is 0 Å². The van der Waals surface area contributed by atoms with Gasteiger partial charge in [-0.3, -0.25) is 4.79 Å². The van der Waals surface area contributed by atoms with Crippen LogP contribution in [0.4, 0.5) is 18.9 Å². The van der Waals surface area contributed by atoms with Crippen LogP contribution in [0.25, 0.3) is 6.08 Å². The lowest BCUT2D eigenvalue weighted by Crippen LogP contribution is -2.25. The lowest BCUT2D eigenvalue weighted by Gasteiger charge is -2.12. The summed E-state index contributed by atoms with van der Waals surface area (Å²) in [6, 6.07) is 7.19. The highest BCUT2D eigenvalue weighted by molar-refractivity contribution is 6.37. The lowest BCUT2D eigenvalue weighted by molar-refractivity contribution is -0.114. The fourth-order valence-electron chi connectivity index (χ4n) is 2.39. The van der Waals surface area contributed by atoms with Crippen molar-refractivity contribution in [2.45, 2.75) is 6.18 Å². The van der Waals surface area contributed by atoms with E-state index in [0.29, 0.717) is 5.01 Å². The van der Waals surface area contributed by atoms with E-state index in [-0.39, 0.29) is 21.3 Å². The van der Waals surface area contributed by atoms with Crippen LogP contribution in [0.15, 0.2) is 47.1 Å². The number of alkyl halides is 3. The van der Waals surface area contributed by atoms with E-state index in [1.165, 1.54) is 24.3 Å². The molecule has 0 spiro atoms. The number of amides is 1. The fraction of sp³-hybridized carbons (Fsp3) is 0.0588. The molecule has 0 unspecified atom stereocenters. The van der Waals surface area contributed by atoms with E-state index >= 15 is 0 Å². The number of phenolic OH excluding ortho intramolecular Hbond substituents is 2. The number of carbonyl (C=O) groups is 1. The van der Waals surface area contributed by atoms with Gasteiger partial charge in [-0.15, -0.1) is 0 Å². The van der Waals surface area contributed by atoms with Gasteiger partial charge in [-0.2, -0.15) is 23.3 Å². The maximum atomic E-state index is 13.4. The molecule has 1 aliphatic rings. The predicted octanol–water partition coefficient (Wildman–Crippen LogP) is 4.75. The maximum absolute atomic E-state index is 13.4. The van der Waals surface area contributed by atoms with E-state index in [1.807, 2.05) is 0 Å². The van der Waals surface area contributed by atoms with Gasteiger partial charge in [-0.05, 0) is 42.0 Å². The Morgan fingerprint density at radius 3 is 2.19 bits per heavy atom. The molecule has 1 aliphatic heterocycles. The first-order chi connectivity index (χ1) is 12.6. The zero-order chi connectivity index (χ0) is 19.9. The highest BCUT2D eigenvalue weighted by Crippen LogP contribution is 2.35. The van der Waals surface area contributed by atoms with Crippen LogP contribution >= 0.6 is 23.2 Å². The Kier molecular flexibility index (Phi) is 4.79. The van der Waals surface area contributed by atoms with E-state index in [0.717, 1.165) is 18.2 Å². The van der Waals surface area contributed by atoms with Gasteiger partial charge in [0.1, 0.15) is 0 Å². The smallest absolute Gasteiger partial charge is 0.435 e. The van der Waals surface area contributed by atoms with Crippen LogP contribution in [-0.2, 0) is 4.79 Å². The minimum Gasteiger partial charge on any atom is -0.504 e. The lowest BCUT2D eigenvalue weighted by atomic mass is 10.1. The number of phenols is 2. The first kappa shape index (κ1) is 19.1. The van der Waals surface area contributed by atoms with Crippen molar-refractivity contribution in [1.29, 1.82) is 0 Å². The van der Waals surface area contributed by atoms with Crippen LogP contribution in [0, 0.1) is 0 Å². The summed E-state index contributed by atoms with van der Waals surface area (Å²) >= 11 is 11.7. The number of carbonyl (C=O) groups excluding carboxylic acids is 1. The molecule has 0 aliphatic carbocycles. The molecule has 27 heavy (non-hydrogen) atoms. The van der Waals surface area contributed by atoms with Crippen molar-refractivity contribution in [3.63, 3.8) is 0 Å². The third-order valence-electron chi connectivity index (χ3n) is 3.55. The van der Waals surface area contributed by atoms with Crippen LogP contribution < -0.4 is 5.01 Å². The Labute approximate surface area is 160 Å². The molecule has 140 valence electrons. The van der Waals surface area contributed by atoms with Gasteiger partial charge >= 0.3 is 6.18 Å². The Morgan fingerprint density at radius 1 is 1.00 bits per heavy atom. The number of rotatable bonds is 2. The number of nitrogens with zero attached hydrogens (tertiary/aromatic N) is 2. The largest absolute Gasteiger partial charge is 0.504 e. The average Bonchev–Trinajstić information content (AvgIpc) is 2.87. The first-order valence-corrected chi connectivity index (χ1v) is 8.02. The standard InChI is InChI=1S/C17H9Cl2F3N2O3/c18-9-5-10(19)7-11(6-9)24-16(27)12(15(23-24)17(20,21)22)3-8-1-2-13(25)14(26)4-8/h1-7,25-26H. The van der Waals surface area contributed by atoms with E-state index in [4.69, 9.17) is 23.2 Å². The molecule has 0 bridgehead atoms. The predicted molar refractivity (Wildman–Crippen MR) is 95.2 cm³/mol. The van der Waals surface area contributed by atoms with Crippen LogP contribution in [0.5, 0.6) is 11.5 Å². The number of benzene rings is 2. The van der Waals surface area contributed by atoms with Crippen LogP contribution in [0.2, 0.25) is 10.0 Å². The van der Waals surface area contributed by atoms with Gasteiger partial charge in [0.25, 0.3) is 5.91 Å². The normalized spacial score (nSPS) is 16.2. The topological polar surface area (TPSA) is 73.1 Å². The van der Waals surface area contributed by atoms with Crippen molar-refractivity contribution in [2.24, 2.45) is 5.10 Å². The van der Waals surface area contributed by atoms with E-state index in [2.05, 4.69) is 5.10 Å². The molecule has 2 aromatic carbocycles. The second-order valence-corrected chi connectivity index (χ2v) is 6.37. The number of hydrogen-bond acceptors (Lipinski definition) is 4. The molecule has 0 saturated heterocycles. The molecule has 1 amide bonds. The Morgan fingerprint density at radius 2 is 1.63 bits per heavy atom. The second-order valence-electron chi connectivity index (χ2n) is 5.50. The zero-order valence-corrected chi connectivity index (χ0v) is 14.6. The summed E-state index contributed by atoms with van der Waals surface area (Å²) in [5.41, 5.74) is -2.10. The van der Waals surface area contributed by atoms with Crippen LogP contribution in [0.1, 0.15) is 5.56 Å². The minimum absolute atomic E-state index is 0.0313. The number of anilines is 1. The highest BCUT2D eigenvalue weighted by atomic mass is 35.5. The molecule has 0 atom stereocenters. The molecule has 2 N–H and O–H groups in total. The number of halogens is 5. The summed E-state index contributed by atoms with van der Waals surface area (Å²) < 4.78 is 40.2. The molecule has 0 aromatic heterocycles. The molecular weight excluding hydrogens is 408 g/mol. The minimum atomic E-state index is -4.91. The highest BCUT2D eigenvalue weighted by Gasteiger charge is 2.46. The van der Waals surface area contributed by atoms with Crippen molar-refractivity contribution in [3.8, 4) is 11.5 Å². The van der Waals surface area contributed by atoms with Crippen molar-refractivity contribution in [3.05, 3.63) is 57.6 Å². The first-order valence-electron chi connectivity index (χ1n) is 7.26. The molecule has 3 rings (SSSR count). The molecule has 0 fully saturated rings. The van der Waals surface area contributed by atoms with Crippen LogP contribution in [-0.4, -0.2) is 28.0 Å². The maximum Gasteiger partial charge on any atom is 0.435 e. The van der Waals surface area contributed by atoms with Crippen molar-refractivity contribution < 1.29 is 28.2 Å². The third kappa shape index (κ3) is 3.86. The van der Waals surface area contributed by atoms with E-state index in [9.17, 15) is 28.2 Å². The van der Waals surface area contributed by atoms with Gasteiger partial charge in [-0.25, -0.2) is 0 Å². The van der Waals surface area contributed by atoms with Crippen molar-refractivity contribution in [1.82, 2.24) is 0 Å². The van der Waals surface area contributed by atoms with Gasteiger partial charge < -0.3 is 10.2 Å². The molecule has 2 aromatic rings. The summed E-state index contributed by atoms with van der Waals surface area (Å²) in [7, 11) is 0. The molecule has 0 saturated carbocycles. The number of aromatic hydroxyl groups is 2. The van der Waals surface area contributed by atoms with Gasteiger partial charge in [0.15, 0.2) is 17.2 Å².